The lowest BCUT2D eigenvalue weighted by Crippen LogP contribution is -2.33. The summed E-state index contributed by atoms with van der Waals surface area (Å²) in [5.74, 6) is -1.36. The molecule has 1 N–H and O–H groups in total. The van der Waals surface area contributed by atoms with Crippen LogP contribution in [0, 0.1) is 12.7 Å². The minimum Gasteiger partial charge on any atom is -0.495 e. The summed E-state index contributed by atoms with van der Waals surface area (Å²) in [5, 5.41) is 3.04. The quantitative estimate of drug-likeness (QED) is 0.637. The molecule has 30 heavy (non-hydrogen) atoms. The van der Waals surface area contributed by atoms with E-state index in [2.05, 4.69) is 5.32 Å². The van der Waals surface area contributed by atoms with Crippen LogP contribution in [0.4, 0.5) is 15.8 Å². The Labute approximate surface area is 173 Å². The molecule has 0 saturated heterocycles. The van der Waals surface area contributed by atoms with Gasteiger partial charge < -0.3 is 10.1 Å². The molecule has 4 rings (SSSR count). The number of aryl methyl sites for hydroxylation is 1. The summed E-state index contributed by atoms with van der Waals surface area (Å²) in [6, 6.07) is 20.0. The maximum atomic E-state index is 14.4. The van der Waals surface area contributed by atoms with Crippen LogP contribution in [0.15, 0.2) is 78.5 Å². The van der Waals surface area contributed by atoms with Crippen molar-refractivity contribution in [2.75, 3.05) is 17.3 Å². The summed E-state index contributed by atoms with van der Waals surface area (Å²) >= 11 is 0. The van der Waals surface area contributed by atoms with Crippen molar-refractivity contribution < 1.29 is 18.7 Å². The molecule has 1 aliphatic heterocycles. The molecule has 0 aliphatic carbocycles. The van der Waals surface area contributed by atoms with E-state index in [1.807, 2.05) is 19.1 Å². The number of nitrogens with zero attached hydrogens (tertiary/aromatic N) is 1. The number of halogens is 1. The zero-order chi connectivity index (χ0) is 21.3. The number of benzene rings is 3. The first-order valence-corrected chi connectivity index (χ1v) is 9.36. The second kappa shape index (κ2) is 7.83. The lowest BCUT2D eigenvalue weighted by molar-refractivity contribution is -0.120. The van der Waals surface area contributed by atoms with Gasteiger partial charge in [-0.1, -0.05) is 54.1 Å². The highest BCUT2D eigenvalue weighted by atomic mass is 19.1. The minimum absolute atomic E-state index is 0.0663. The van der Waals surface area contributed by atoms with Gasteiger partial charge in [0.25, 0.3) is 11.8 Å². The monoisotopic (exact) mass is 402 g/mol. The van der Waals surface area contributed by atoms with Crippen LogP contribution in [0.2, 0.25) is 0 Å². The first kappa shape index (κ1) is 19.4. The van der Waals surface area contributed by atoms with Crippen LogP contribution in [0.1, 0.15) is 11.1 Å². The first-order chi connectivity index (χ1) is 14.5. The van der Waals surface area contributed by atoms with Crippen LogP contribution in [-0.2, 0) is 9.59 Å². The number of amides is 2. The number of methoxy groups -OCH3 is 1. The van der Waals surface area contributed by atoms with Crippen molar-refractivity contribution in [1.29, 1.82) is 0 Å². The third-order valence-electron chi connectivity index (χ3n) is 4.88. The fraction of sp³-hybridized carbons (Fsp3) is 0.0833. The van der Waals surface area contributed by atoms with Crippen molar-refractivity contribution in [2.45, 2.75) is 6.92 Å². The number of imide groups is 1. The van der Waals surface area contributed by atoms with E-state index in [0.29, 0.717) is 17.0 Å². The van der Waals surface area contributed by atoms with Gasteiger partial charge >= 0.3 is 0 Å². The Morgan fingerprint density at radius 1 is 0.867 bits per heavy atom. The van der Waals surface area contributed by atoms with E-state index >= 15 is 0 Å². The van der Waals surface area contributed by atoms with Crippen molar-refractivity contribution >= 4 is 28.8 Å². The van der Waals surface area contributed by atoms with E-state index in [4.69, 9.17) is 4.74 Å². The lowest BCUT2D eigenvalue weighted by atomic mass is 10.0. The average Bonchev–Trinajstić information content (AvgIpc) is 2.99. The SMILES string of the molecule is COc1ccccc1NC1=C(c2ccc(C)cc2)C(=O)N(c2ccccc2F)C1=O. The highest BCUT2D eigenvalue weighted by Gasteiger charge is 2.41. The molecule has 0 bridgehead atoms. The average molecular weight is 402 g/mol. The Balaban J connectivity index is 1.86. The molecular weight excluding hydrogens is 383 g/mol. The van der Waals surface area contributed by atoms with Crippen molar-refractivity contribution in [3.05, 3.63) is 95.4 Å². The molecular formula is C24H19FN2O3. The molecule has 6 heteroatoms. The fourth-order valence-corrected chi connectivity index (χ4v) is 3.37. The summed E-state index contributed by atoms with van der Waals surface area (Å²) in [6.45, 7) is 1.93. The molecule has 1 heterocycles. The Morgan fingerprint density at radius 2 is 1.53 bits per heavy atom. The number of hydrogen-bond donors (Lipinski definition) is 1. The Kier molecular flexibility index (Phi) is 5.06. The van der Waals surface area contributed by atoms with Gasteiger partial charge in [-0.25, -0.2) is 9.29 Å². The zero-order valence-corrected chi connectivity index (χ0v) is 16.5. The molecule has 0 fully saturated rings. The van der Waals surface area contributed by atoms with E-state index in [1.54, 1.807) is 42.5 Å². The number of hydrogen-bond acceptors (Lipinski definition) is 4. The molecule has 0 unspecified atom stereocenters. The molecule has 3 aromatic rings. The van der Waals surface area contributed by atoms with Crippen molar-refractivity contribution in [3.8, 4) is 5.75 Å². The molecule has 0 saturated carbocycles. The van der Waals surface area contributed by atoms with Gasteiger partial charge in [-0.05, 0) is 36.8 Å². The second-order valence-corrected chi connectivity index (χ2v) is 6.84. The smallest absolute Gasteiger partial charge is 0.282 e. The number of rotatable bonds is 5. The number of anilines is 2. The first-order valence-electron chi connectivity index (χ1n) is 9.36. The normalized spacial score (nSPS) is 13.8. The number of carbonyl (C=O) groups excluding carboxylic acids is 2. The predicted molar refractivity (Wildman–Crippen MR) is 114 cm³/mol. The molecule has 0 atom stereocenters. The van der Waals surface area contributed by atoms with E-state index < -0.39 is 17.6 Å². The fourth-order valence-electron chi connectivity index (χ4n) is 3.37. The van der Waals surface area contributed by atoms with Gasteiger partial charge in [0.2, 0.25) is 0 Å². The van der Waals surface area contributed by atoms with Gasteiger partial charge in [-0.3, -0.25) is 9.59 Å². The second-order valence-electron chi connectivity index (χ2n) is 6.84. The van der Waals surface area contributed by atoms with Gasteiger partial charge in [0, 0.05) is 0 Å². The van der Waals surface area contributed by atoms with Crippen molar-refractivity contribution in [2.24, 2.45) is 0 Å². The van der Waals surface area contributed by atoms with E-state index in [9.17, 15) is 14.0 Å². The minimum atomic E-state index is -0.652. The highest BCUT2D eigenvalue weighted by molar-refractivity contribution is 6.46. The van der Waals surface area contributed by atoms with E-state index in [-0.39, 0.29) is 17.0 Å². The summed E-state index contributed by atoms with van der Waals surface area (Å²) < 4.78 is 19.8. The van der Waals surface area contributed by atoms with Crippen LogP contribution < -0.4 is 15.0 Å². The molecule has 3 aromatic carbocycles. The van der Waals surface area contributed by atoms with Crippen LogP contribution in [0.25, 0.3) is 5.57 Å². The number of para-hydroxylation sites is 3. The lowest BCUT2D eigenvalue weighted by Gasteiger charge is -2.16. The van der Waals surface area contributed by atoms with Gasteiger partial charge in [0.05, 0.1) is 24.1 Å². The third-order valence-corrected chi connectivity index (χ3v) is 4.88. The zero-order valence-electron chi connectivity index (χ0n) is 16.5. The molecule has 0 spiro atoms. The van der Waals surface area contributed by atoms with Crippen LogP contribution in [0.5, 0.6) is 5.75 Å². The Morgan fingerprint density at radius 3 is 2.23 bits per heavy atom. The van der Waals surface area contributed by atoms with E-state index in [0.717, 1.165) is 10.5 Å². The molecule has 0 aromatic heterocycles. The topological polar surface area (TPSA) is 58.6 Å². The largest absolute Gasteiger partial charge is 0.495 e. The number of carbonyl (C=O) groups is 2. The van der Waals surface area contributed by atoms with E-state index in [1.165, 1.54) is 25.3 Å². The molecule has 1 aliphatic rings. The molecule has 5 nitrogen and oxygen atoms in total. The van der Waals surface area contributed by atoms with Gasteiger partial charge in [-0.2, -0.15) is 0 Å². The predicted octanol–water partition coefficient (Wildman–Crippen LogP) is 4.54. The number of nitrogens with one attached hydrogen (secondary N) is 1. The summed E-state index contributed by atoms with van der Waals surface area (Å²) in [6.07, 6.45) is 0. The molecule has 150 valence electrons. The summed E-state index contributed by atoms with van der Waals surface area (Å²) in [5.41, 5.74) is 2.26. The number of ether oxygens (including phenoxy) is 1. The third kappa shape index (κ3) is 3.33. The summed E-state index contributed by atoms with van der Waals surface area (Å²) in [7, 11) is 1.52. The van der Waals surface area contributed by atoms with Gasteiger partial charge in [-0.15, -0.1) is 0 Å². The Hall–Kier alpha value is -3.93. The molecule has 2 amide bonds. The van der Waals surface area contributed by atoms with Crippen molar-refractivity contribution in [3.63, 3.8) is 0 Å². The van der Waals surface area contributed by atoms with Crippen LogP contribution in [-0.4, -0.2) is 18.9 Å². The van der Waals surface area contributed by atoms with Crippen molar-refractivity contribution in [1.82, 2.24) is 0 Å². The van der Waals surface area contributed by atoms with Gasteiger partial charge in [0.1, 0.15) is 17.3 Å². The highest BCUT2D eigenvalue weighted by Crippen LogP contribution is 2.36. The summed E-state index contributed by atoms with van der Waals surface area (Å²) in [4.78, 5) is 27.5. The standard InChI is InChI=1S/C24H19FN2O3/c1-15-11-13-16(14-12-15)21-22(26-18-8-4-6-10-20(18)30-2)24(29)27(23(21)28)19-9-5-3-7-17(19)25/h3-14,26H,1-2H3. The Bertz CT molecular complexity index is 1170. The maximum absolute atomic E-state index is 14.4. The van der Waals surface area contributed by atoms with Crippen LogP contribution >= 0.6 is 0 Å². The van der Waals surface area contributed by atoms with Gasteiger partial charge in [0.15, 0.2) is 0 Å². The maximum Gasteiger partial charge on any atom is 0.282 e. The molecule has 0 radical (unpaired) electrons. The van der Waals surface area contributed by atoms with Crippen LogP contribution in [0.3, 0.4) is 0 Å².